The second-order valence-electron chi connectivity index (χ2n) is 3.83. The van der Waals surface area contributed by atoms with Crippen LogP contribution in [0.4, 0.5) is 5.69 Å². The first-order valence-corrected chi connectivity index (χ1v) is 9.28. The fourth-order valence-corrected chi connectivity index (χ4v) is 0.913. The van der Waals surface area contributed by atoms with E-state index in [1.54, 1.807) is 25.1 Å². The van der Waals surface area contributed by atoms with Crippen LogP contribution in [0.2, 0.25) is 0 Å². The van der Waals surface area contributed by atoms with Crippen molar-refractivity contribution in [3.8, 4) is 0 Å². The minimum Gasteiger partial charge on any atom is -0.748 e. The zero-order valence-corrected chi connectivity index (χ0v) is 13.9. The number of quaternary nitrogens is 1. The third kappa shape index (κ3) is 23.6. The van der Waals surface area contributed by atoms with Crippen molar-refractivity contribution in [3.63, 3.8) is 0 Å². The molecule has 0 heterocycles. The van der Waals surface area contributed by atoms with E-state index in [-0.39, 0.29) is 5.97 Å². The summed E-state index contributed by atoms with van der Waals surface area (Å²) in [4.78, 5) is 11.1. The fraction of sp³-hybridized carbons (Fsp3) is 0.364. The molecule has 1 rings (SSSR count). The Labute approximate surface area is 129 Å². The lowest BCUT2D eigenvalue weighted by Crippen LogP contribution is -2.40. The smallest absolute Gasteiger partial charge is 0.338 e. The summed E-state index contributed by atoms with van der Waals surface area (Å²) in [5.74, 6) is -0.289. The Morgan fingerprint density at radius 2 is 1.55 bits per heavy atom. The van der Waals surface area contributed by atoms with Gasteiger partial charge in [-0.1, -0.05) is 6.07 Å². The molecule has 0 atom stereocenters. The molecule has 0 amide bonds. The van der Waals surface area contributed by atoms with Gasteiger partial charge in [0.05, 0.1) is 32.4 Å². The van der Waals surface area contributed by atoms with Crippen LogP contribution in [0.25, 0.3) is 0 Å². The van der Waals surface area contributed by atoms with Crippen molar-refractivity contribution in [2.75, 3.05) is 19.1 Å². The molecule has 3 N–H and O–H groups in total. The molecule has 1 aromatic rings. The molecule has 0 aliphatic rings. The first kappa shape index (κ1) is 22.7. The Bertz CT molecular complexity index is 621. The van der Waals surface area contributed by atoms with Gasteiger partial charge < -0.3 is 19.6 Å². The van der Waals surface area contributed by atoms with Gasteiger partial charge in [-0.3, -0.25) is 0 Å². The topological polar surface area (TPSA) is 168 Å². The van der Waals surface area contributed by atoms with Gasteiger partial charge in [-0.05, 0) is 19.1 Å². The van der Waals surface area contributed by atoms with Gasteiger partial charge in [0.15, 0.2) is 0 Å². The van der Waals surface area contributed by atoms with Crippen LogP contribution in [-0.2, 0) is 25.0 Å². The number of carbonyl (C=O) groups excluding carboxylic acids is 1. The van der Waals surface area contributed by atoms with Gasteiger partial charge in [0.1, 0.15) is 5.69 Å². The van der Waals surface area contributed by atoms with Crippen molar-refractivity contribution >= 4 is 31.9 Å². The maximum Gasteiger partial charge on any atom is 0.338 e. The maximum absolute atomic E-state index is 11.1. The van der Waals surface area contributed by atoms with E-state index in [4.69, 9.17) is 30.7 Å². The Morgan fingerprint density at radius 3 is 1.86 bits per heavy atom. The van der Waals surface area contributed by atoms with Crippen LogP contribution in [-0.4, -0.2) is 51.0 Å². The summed E-state index contributed by atoms with van der Waals surface area (Å²) in [5, 5.41) is 0. The van der Waals surface area contributed by atoms with Crippen molar-refractivity contribution in [1.82, 2.24) is 0 Å². The minimum absolute atomic E-state index is 0.289. The molecule has 0 unspecified atom stereocenters. The van der Waals surface area contributed by atoms with Gasteiger partial charge in [-0.25, -0.2) is 21.6 Å². The maximum atomic E-state index is 11.1. The molecule has 0 saturated heterocycles. The predicted molar refractivity (Wildman–Crippen MR) is 76.2 cm³/mol. The number of hydrogen-bond acceptors (Lipinski definition) is 8. The highest BCUT2D eigenvalue weighted by molar-refractivity contribution is 7.85. The molecule has 9 nitrogen and oxygen atoms in total. The molecule has 0 bridgehead atoms. The second-order valence-corrected chi connectivity index (χ2v) is 6.65. The molecule has 0 spiro atoms. The van der Waals surface area contributed by atoms with Gasteiger partial charge in [0, 0.05) is 18.6 Å². The SMILES string of the molecule is CCOC(=O)c1cccc([NH3+])c1.CS(=O)(=O)[O-].CS(=O)(=O)[O-]. The molecule has 0 aromatic heterocycles. The molecule has 0 saturated carbocycles. The highest BCUT2D eigenvalue weighted by Gasteiger charge is 2.05. The third-order valence-electron chi connectivity index (χ3n) is 1.44. The summed E-state index contributed by atoms with van der Waals surface area (Å²) in [6.07, 6.45) is 1.21. The van der Waals surface area contributed by atoms with Crippen molar-refractivity contribution in [1.29, 1.82) is 0 Å². The van der Waals surface area contributed by atoms with Gasteiger partial charge in [0.25, 0.3) is 0 Å². The first-order chi connectivity index (χ1) is 9.74. The monoisotopic (exact) mass is 356 g/mol. The summed E-state index contributed by atoms with van der Waals surface area (Å²) in [6.45, 7) is 2.19. The molecule has 11 heteroatoms. The van der Waals surface area contributed by atoms with Crippen LogP contribution in [0.3, 0.4) is 0 Å². The fourth-order valence-electron chi connectivity index (χ4n) is 0.913. The van der Waals surface area contributed by atoms with Crippen molar-refractivity contribution in [2.24, 2.45) is 0 Å². The van der Waals surface area contributed by atoms with E-state index in [2.05, 4.69) is 5.73 Å². The normalized spacial score (nSPS) is 10.5. The number of esters is 1. The quantitative estimate of drug-likeness (QED) is 0.523. The van der Waals surface area contributed by atoms with Crippen molar-refractivity contribution in [3.05, 3.63) is 29.8 Å². The first-order valence-electron chi connectivity index (χ1n) is 5.65. The molecule has 0 fully saturated rings. The van der Waals surface area contributed by atoms with E-state index >= 15 is 0 Å². The van der Waals surface area contributed by atoms with E-state index in [1.807, 2.05) is 6.07 Å². The van der Waals surface area contributed by atoms with E-state index in [0.717, 1.165) is 5.69 Å². The average molecular weight is 356 g/mol. The largest absolute Gasteiger partial charge is 0.748 e. The zero-order valence-electron chi connectivity index (χ0n) is 12.3. The summed E-state index contributed by atoms with van der Waals surface area (Å²) in [6, 6.07) is 7.04. The highest BCUT2D eigenvalue weighted by Crippen LogP contribution is 2.06. The Hall–Kier alpha value is -1.53. The molecule has 1 aromatic carbocycles. The predicted octanol–water partition coefficient (Wildman–Crippen LogP) is -0.940. The van der Waals surface area contributed by atoms with E-state index in [9.17, 15) is 4.79 Å². The highest BCUT2D eigenvalue weighted by atomic mass is 32.2. The lowest BCUT2D eigenvalue weighted by Gasteiger charge is -2.00. The lowest BCUT2D eigenvalue weighted by molar-refractivity contribution is -0.254. The molecule has 0 radical (unpaired) electrons. The molecule has 22 heavy (non-hydrogen) atoms. The van der Waals surface area contributed by atoms with Crippen LogP contribution >= 0.6 is 0 Å². The van der Waals surface area contributed by atoms with Crippen molar-refractivity contribution < 1.29 is 41.2 Å². The second kappa shape index (κ2) is 10.2. The number of hydrogen-bond donors (Lipinski definition) is 1. The zero-order chi connectivity index (χ0) is 18.0. The molecule has 0 aliphatic heterocycles. The summed E-state index contributed by atoms with van der Waals surface area (Å²) in [5.41, 5.74) is 5.10. The Morgan fingerprint density at radius 1 is 1.14 bits per heavy atom. The molecular weight excluding hydrogens is 338 g/mol. The van der Waals surface area contributed by atoms with E-state index in [1.165, 1.54) is 0 Å². The van der Waals surface area contributed by atoms with Gasteiger partial charge >= 0.3 is 5.97 Å². The average Bonchev–Trinajstić information content (AvgIpc) is 2.24. The van der Waals surface area contributed by atoms with Crippen LogP contribution in [0.5, 0.6) is 0 Å². The standard InChI is InChI=1S/C9H11NO2.2CH4O3S/c1-2-12-9(11)7-4-3-5-8(10)6-7;2*1-5(2,3)4/h3-6H,2,10H2,1H3;2*1H3,(H,2,3,4)/p-1. The van der Waals surface area contributed by atoms with Crippen LogP contribution in [0.15, 0.2) is 24.3 Å². The van der Waals surface area contributed by atoms with E-state index in [0.29, 0.717) is 24.7 Å². The molecule has 128 valence electrons. The number of rotatable bonds is 2. The Balaban J connectivity index is 0. The molecule has 0 aliphatic carbocycles. The number of carbonyl (C=O) groups is 1. The Kier molecular flexibility index (Phi) is 10.6. The minimum atomic E-state index is -3.92. The van der Waals surface area contributed by atoms with Crippen LogP contribution in [0, 0.1) is 0 Å². The molecular formula is C11H18NO8S2-. The summed E-state index contributed by atoms with van der Waals surface area (Å²) < 4.78 is 59.3. The van der Waals surface area contributed by atoms with Gasteiger partial charge in [0.2, 0.25) is 0 Å². The van der Waals surface area contributed by atoms with Gasteiger partial charge in [-0.2, -0.15) is 0 Å². The van der Waals surface area contributed by atoms with Crippen LogP contribution in [0.1, 0.15) is 17.3 Å². The van der Waals surface area contributed by atoms with Gasteiger partial charge in [-0.15, -0.1) is 0 Å². The lowest BCUT2D eigenvalue weighted by atomic mass is 10.2. The van der Waals surface area contributed by atoms with Crippen molar-refractivity contribution in [2.45, 2.75) is 6.92 Å². The summed E-state index contributed by atoms with van der Waals surface area (Å²) >= 11 is 0. The summed E-state index contributed by atoms with van der Waals surface area (Å²) in [7, 11) is -7.83. The number of ether oxygens (including phenoxy) is 1. The number of benzene rings is 1. The third-order valence-corrected chi connectivity index (χ3v) is 1.44. The van der Waals surface area contributed by atoms with E-state index < -0.39 is 20.2 Å². The van der Waals surface area contributed by atoms with Crippen LogP contribution < -0.4 is 5.73 Å².